The van der Waals surface area contributed by atoms with Crippen molar-refractivity contribution in [3.05, 3.63) is 29.3 Å². The van der Waals surface area contributed by atoms with Crippen LogP contribution in [0.5, 0.6) is 5.75 Å². The number of benzene rings is 1. The molecular weight excluding hydrogens is 310 g/mol. The first-order valence-corrected chi connectivity index (χ1v) is 8.51. The molecule has 126 valence electrons. The maximum absolute atomic E-state index is 11.8. The first-order valence-electron chi connectivity index (χ1n) is 8.10. The molecule has 6 heteroatoms. The van der Waals surface area contributed by atoms with Crippen molar-refractivity contribution in [1.29, 1.82) is 0 Å². The number of ether oxygens (including phenoxy) is 1. The predicted octanol–water partition coefficient (Wildman–Crippen LogP) is 2.51. The summed E-state index contributed by atoms with van der Waals surface area (Å²) >= 11 is 5.19. The number of hydrazine groups is 1. The molecule has 0 atom stereocenters. The van der Waals surface area contributed by atoms with Crippen molar-refractivity contribution in [2.45, 2.75) is 52.0 Å². The lowest BCUT2D eigenvalue weighted by Crippen LogP contribution is -2.51. The van der Waals surface area contributed by atoms with Crippen LogP contribution in [0.25, 0.3) is 0 Å². The van der Waals surface area contributed by atoms with Crippen LogP contribution >= 0.6 is 12.2 Å². The van der Waals surface area contributed by atoms with Gasteiger partial charge >= 0.3 is 0 Å². The zero-order chi connectivity index (χ0) is 16.7. The quantitative estimate of drug-likeness (QED) is 0.583. The van der Waals surface area contributed by atoms with Gasteiger partial charge in [0.2, 0.25) is 0 Å². The molecule has 0 saturated heterocycles. The fraction of sp³-hybridized carbons (Fsp3) is 0.529. The van der Waals surface area contributed by atoms with Gasteiger partial charge in [0.25, 0.3) is 5.91 Å². The molecule has 0 aliphatic heterocycles. The number of hydrogen-bond donors (Lipinski definition) is 3. The minimum Gasteiger partial charge on any atom is -0.483 e. The highest BCUT2D eigenvalue weighted by Gasteiger charge is 2.14. The van der Waals surface area contributed by atoms with E-state index in [2.05, 4.69) is 16.2 Å². The minimum atomic E-state index is -0.266. The van der Waals surface area contributed by atoms with Crippen LogP contribution < -0.4 is 20.9 Å². The lowest BCUT2D eigenvalue weighted by Gasteiger charge is -2.24. The average Bonchev–Trinajstić information content (AvgIpc) is 2.53. The summed E-state index contributed by atoms with van der Waals surface area (Å²) in [7, 11) is 0. The average molecular weight is 335 g/mol. The van der Waals surface area contributed by atoms with Crippen LogP contribution in [0.4, 0.5) is 0 Å². The summed E-state index contributed by atoms with van der Waals surface area (Å²) in [5.41, 5.74) is 7.47. The van der Waals surface area contributed by atoms with Gasteiger partial charge in [-0.2, -0.15) is 0 Å². The van der Waals surface area contributed by atoms with Crippen molar-refractivity contribution in [3.8, 4) is 5.75 Å². The van der Waals surface area contributed by atoms with Gasteiger partial charge in [-0.15, -0.1) is 0 Å². The summed E-state index contributed by atoms with van der Waals surface area (Å²) in [5, 5.41) is 3.68. The number of aryl methyl sites for hydroxylation is 2. The Hall–Kier alpha value is -1.82. The molecule has 1 aliphatic carbocycles. The Morgan fingerprint density at radius 2 is 1.96 bits per heavy atom. The van der Waals surface area contributed by atoms with E-state index in [1.54, 1.807) is 0 Å². The van der Waals surface area contributed by atoms with Gasteiger partial charge < -0.3 is 10.1 Å². The zero-order valence-corrected chi connectivity index (χ0v) is 14.6. The molecule has 1 saturated carbocycles. The molecule has 3 N–H and O–H groups in total. The van der Waals surface area contributed by atoms with E-state index in [1.165, 1.54) is 24.8 Å². The number of thiocarbonyl (C=S) groups is 1. The molecule has 2 rings (SSSR count). The van der Waals surface area contributed by atoms with Gasteiger partial charge in [0.15, 0.2) is 11.7 Å². The first-order chi connectivity index (χ1) is 11.0. The number of nitrogens with one attached hydrogen (secondary N) is 3. The highest BCUT2D eigenvalue weighted by molar-refractivity contribution is 7.80. The van der Waals surface area contributed by atoms with Crippen LogP contribution in [0.1, 0.15) is 43.2 Å². The van der Waals surface area contributed by atoms with E-state index in [0.717, 1.165) is 18.4 Å². The van der Waals surface area contributed by atoms with Crippen molar-refractivity contribution in [1.82, 2.24) is 16.2 Å². The molecule has 0 unspecified atom stereocenters. The Labute approximate surface area is 143 Å². The molecular formula is C17H25N3O2S. The summed E-state index contributed by atoms with van der Waals surface area (Å²) < 4.78 is 5.52. The van der Waals surface area contributed by atoms with Crippen LogP contribution in [0, 0.1) is 13.8 Å². The zero-order valence-electron chi connectivity index (χ0n) is 13.8. The maximum Gasteiger partial charge on any atom is 0.276 e. The molecule has 0 radical (unpaired) electrons. The second-order valence-corrected chi connectivity index (χ2v) is 6.45. The smallest absolute Gasteiger partial charge is 0.276 e. The molecule has 0 aromatic heterocycles. The highest BCUT2D eigenvalue weighted by atomic mass is 32.1. The van der Waals surface area contributed by atoms with E-state index in [4.69, 9.17) is 17.0 Å². The third-order valence-corrected chi connectivity index (χ3v) is 4.16. The summed E-state index contributed by atoms with van der Waals surface area (Å²) in [6.45, 7) is 3.93. The SMILES string of the molecule is Cc1ccc(OCC(=O)NNC(=S)NC2CCCCC2)c(C)c1. The largest absolute Gasteiger partial charge is 0.483 e. The van der Waals surface area contributed by atoms with Crippen molar-refractivity contribution in [3.63, 3.8) is 0 Å². The third-order valence-electron chi connectivity index (χ3n) is 3.95. The molecule has 1 aromatic carbocycles. The van der Waals surface area contributed by atoms with Gasteiger partial charge in [-0.05, 0) is 50.5 Å². The summed E-state index contributed by atoms with van der Waals surface area (Å²) in [6.07, 6.45) is 6.02. The fourth-order valence-electron chi connectivity index (χ4n) is 2.74. The molecule has 1 aromatic rings. The van der Waals surface area contributed by atoms with Crippen LogP contribution in [0.3, 0.4) is 0 Å². The molecule has 1 aliphatic rings. The number of carbonyl (C=O) groups excluding carboxylic acids is 1. The predicted molar refractivity (Wildman–Crippen MR) is 95.3 cm³/mol. The number of carbonyl (C=O) groups is 1. The topological polar surface area (TPSA) is 62.4 Å². The van der Waals surface area contributed by atoms with Crippen LogP contribution in [0.2, 0.25) is 0 Å². The van der Waals surface area contributed by atoms with E-state index in [-0.39, 0.29) is 12.5 Å². The van der Waals surface area contributed by atoms with E-state index < -0.39 is 0 Å². The highest BCUT2D eigenvalue weighted by Crippen LogP contribution is 2.18. The van der Waals surface area contributed by atoms with Gasteiger partial charge in [-0.25, -0.2) is 0 Å². The molecule has 0 heterocycles. The summed E-state index contributed by atoms with van der Waals surface area (Å²) in [5.74, 6) is 0.450. The van der Waals surface area contributed by atoms with Crippen LogP contribution in [-0.2, 0) is 4.79 Å². The summed E-state index contributed by atoms with van der Waals surface area (Å²) in [6, 6.07) is 6.27. The Kier molecular flexibility index (Phi) is 6.65. The maximum atomic E-state index is 11.8. The van der Waals surface area contributed by atoms with Gasteiger partial charge in [0.05, 0.1) is 0 Å². The lowest BCUT2D eigenvalue weighted by atomic mass is 9.96. The Morgan fingerprint density at radius 1 is 1.22 bits per heavy atom. The molecule has 5 nitrogen and oxygen atoms in total. The van der Waals surface area contributed by atoms with Crippen molar-refractivity contribution in [2.75, 3.05) is 6.61 Å². The van der Waals surface area contributed by atoms with Gasteiger partial charge in [0, 0.05) is 6.04 Å². The molecule has 1 fully saturated rings. The Morgan fingerprint density at radius 3 is 2.65 bits per heavy atom. The Balaban J connectivity index is 1.67. The molecule has 1 amide bonds. The van der Waals surface area contributed by atoms with E-state index in [1.807, 2.05) is 32.0 Å². The second kappa shape index (κ2) is 8.72. The normalized spacial score (nSPS) is 14.9. The number of rotatable bonds is 4. The van der Waals surface area contributed by atoms with Gasteiger partial charge in [0.1, 0.15) is 5.75 Å². The first kappa shape index (κ1) is 17.5. The van der Waals surface area contributed by atoms with E-state index >= 15 is 0 Å². The monoisotopic (exact) mass is 335 g/mol. The van der Waals surface area contributed by atoms with Crippen LogP contribution in [0.15, 0.2) is 18.2 Å². The van der Waals surface area contributed by atoms with Gasteiger partial charge in [-0.3, -0.25) is 15.6 Å². The second-order valence-electron chi connectivity index (χ2n) is 6.04. The third kappa shape index (κ3) is 6.06. The molecule has 0 spiro atoms. The molecule has 0 bridgehead atoms. The van der Waals surface area contributed by atoms with Crippen LogP contribution in [-0.4, -0.2) is 23.7 Å². The summed E-state index contributed by atoms with van der Waals surface area (Å²) in [4.78, 5) is 11.8. The number of amides is 1. The van der Waals surface area contributed by atoms with Crippen molar-refractivity contribution >= 4 is 23.2 Å². The lowest BCUT2D eigenvalue weighted by molar-refractivity contribution is -0.123. The standard InChI is InChI=1S/C17H25N3O2S/c1-12-8-9-15(13(2)10-12)22-11-16(21)19-20-17(23)18-14-6-4-3-5-7-14/h8-10,14H,3-7,11H2,1-2H3,(H,19,21)(H2,18,20,23). The number of hydrogen-bond acceptors (Lipinski definition) is 3. The van der Waals surface area contributed by atoms with Crippen molar-refractivity contribution < 1.29 is 9.53 Å². The minimum absolute atomic E-state index is 0.0526. The Bertz CT molecular complexity index is 557. The van der Waals surface area contributed by atoms with E-state index in [0.29, 0.717) is 16.9 Å². The van der Waals surface area contributed by atoms with Crippen molar-refractivity contribution in [2.24, 2.45) is 0 Å². The van der Waals surface area contributed by atoms with Gasteiger partial charge in [-0.1, -0.05) is 37.0 Å². The molecule has 23 heavy (non-hydrogen) atoms. The fourth-order valence-corrected chi connectivity index (χ4v) is 2.95. The van der Waals surface area contributed by atoms with E-state index in [9.17, 15) is 4.79 Å².